The van der Waals surface area contributed by atoms with E-state index in [0.29, 0.717) is 16.7 Å². The fourth-order valence-corrected chi connectivity index (χ4v) is 2.58. The highest BCUT2D eigenvalue weighted by molar-refractivity contribution is 7.85. The lowest BCUT2D eigenvalue weighted by molar-refractivity contribution is -0.0424. The lowest BCUT2D eigenvalue weighted by atomic mass is 10.1. The molecule has 0 spiro atoms. The van der Waals surface area contributed by atoms with Gasteiger partial charge in [0.1, 0.15) is 0 Å². The third-order valence-corrected chi connectivity index (χ3v) is 4.12. The molecule has 2 aromatic carbocycles. The molecular formula is C15H12N2O6S. The van der Waals surface area contributed by atoms with Gasteiger partial charge in [-0.25, -0.2) is 0 Å². The highest BCUT2D eigenvalue weighted by Gasteiger charge is 2.15. The first-order valence-electron chi connectivity index (χ1n) is 6.73. The van der Waals surface area contributed by atoms with Crippen LogP contribution in [0.15, 0.2) is 57.9 Å². The molecule has 8 nitrogen and oxygen atoms in total. The number of nitrogens with zero attached hydrogens (tertiary/aromatic N) is 2. The Kier molecular flexibility index (Phi) is 4.16. The second kappa shape index (κ2) is 6.13. The van der Waals surface area contributed by atoms with Crippen molar-refractivity contribution in [2.75, 3.05) is 0 Å². The summed E-state index contributed by atoms with van der Waals surface area (Å²) in [5.74, 6) is 0.336. The van der Waals surface area contributed by atoms with Crippen molar-refractivity contribution in [1.29, 1.82) is 0 Å². The molecule has 3 N–H and O–H groups in total. The minimum atomic E-state index is -4.33. The van der Waals surface area contributed by atoms with E-state index in [4.69, 9.17) is 19.3 Å². The lowest BCUT2D eigenvalue weighted by Gasteiger charge is -2.03. The molecule has 0 saturated heterocycles. The molecule has 0 atom stereocenters. The maximum atomic E-state index is 11.2. The van der Waals surface area contributed by atoms with Gasteiger partial charge in [0.25, 0.3) is 16.0 Å². The molecule has 24 heavy (non-hydrogen) atoms. The van der Waals surface area contributed by atoms with Gasteiger partial charge in [0.15, 0.2) is 6.29 Å². The number of benzene rings is 2. The summed E-state index contributed by atoms with van der Waals surface area (Å²) >= 11 is 0. The Balaban J connectivity index is 1.93. The molecule has 0 aliphatic heterocycles. The van der Waals surface area contributed by atoms with Crippen molar-refractivity contribution in [2.45, 2.75) is 11.2 Å². The minimum Gasteiger partial charge on any atom is -0.364 e. The molecule has 0 aliphatic carbocycles. The SMILES string of the molecule is O=S(=O)(O)c1cccc(-c2nc(-c3ccc(C(O)O)cc3)no2)c1. The third-order valence-electron chi connectivity index (χ3n) is 3.27. The summed E-state index contributed by atoms with van der Waals surface area (Å²) < 4.78 is 36.5. The van der Waals surface area contributed by atoms with E-state index in [1.165, 1.54) is 30.3 Å². The summed E-state index contributed by atoms with van der Waals surface area (Å²) in [6.45, 7) is 0. The highest BCUT2D eigenvalue weighted by atomic mass is 32.2. The number of aliphatic hydroxyl groups is 2. The van der Waals surface area contributed by atoms with Crippen molar-refractivity contribution in [2.24, 2.45) is 0 Å². The highest BCUT2D eigenvalue weighted by Crippen LogP contribution is 2.25. The summed E-state index contributed by atoms with van der Waals surface area (Å²) in [6, 6.07) is 11.7. The summed E-state index contributed by atoms with van der Waals surface area (Å²) in [5.41, 5.74) is 1.25. The van der Waals surface area contributed by atoms with Crippen LogP contribution < -0.4 is 0 Å². The second-order valence-corrected chi connectivity index (χ2v) is 6.34. The fraction of sp³-hybridized carbons (Fsp3) is 0.0667. The van der Waals surface area contributed by atoms with Crippen LogP contribution in [0.25, 0.3) is 22.8 Å². The van der Waals surface area contributed by atoms with Crippen LogP contribution in [0.3, 0.4) is 0 Å². The van der Waals surface area contributed by atoms with Gasteiger partial charge in [-0.05, 0) is 18.2 Å². The van der Waals surface area contributed by atoms with Gasteiger partial charge < -0.3 is 14.7 Å². The smallest absolute Gasteiger partial charge is 0.294 e. The molecule has 0 unspecified atom stereocenters. The van der Waals surface area contributed by atoms with E-state index in [2.05, 4.69) is 10.1 Å². The number of hydrogen-bond acceptors (Lipinski definition) is 7. The second-order valence-electron chi connectivity index (χ2n) is 4.92. The van der Waals surface area contributed by atoms with Gasteiger partial charge in [0.05, 0.1) is 4.90 Å². The Hall–Kier alpha value is -2.59. The number of aromatic nitrogens is 2. The predicted octanol–water partition coefficient (Wildman–Crippen LogP) is 1.63. The molecule has 0 radical (unpaired) electrons. The Bertz CT molecular complexity index is 964. The standard InChI is InChI=1S/C15H12N2O6S/c18-15(19)10-6-4-9(5-7-10)13-16-14(23-17-13)11-2-1-3-12(8-11)24(20,21)22/h1-8,15,18-19H,(H,20,21,22). The first kappa shape index (κ1) is 16.3. The molecule has 0 amide bonds. The third kappa shape index (κ3) is 3.34. The number of hydrogen-bond donors (Lipinski definition) is 3. The fourth-order valence-electron chi connectivity index (χ4n) is 2.05. The van der Waals surface area contributed by atoms with Gasteiger partial charge >= 0.3 is 0 Å². The van der Waals surface area contributed by atoms with Crippen LogP contribution in [0.4, 0.5) is 0 Å². The Morgan fingerprint density at radius 1 is 1.00 bits per heavy atom. The van der Waals surface area contributed by atoms with Crippen molar-refractivity contribution < 1.29 is 27.7 Å². The number of aliphatic hydroxyl groups excluding tert-OH is 1. The van der Waals surface area contributed by atoms with E-state index in [9.17, 15) is 8.42 Å². The van der Waals surface area contributed by atoms with E-state index in [1.54, 1.807) is 18.2 Å². The average molecular weight is 348 g/mol. The average Bonchev–Trinajstić information content (AvgIpc) is 3.04. The van der Waals surface area contributed by atoms with Crippen molar-refractivity contribution in [1.82, 2.24) is 10.1 Å². The maximum absolute atomic E-state index is 11.2. The van der Waals surface area contributed by atoms with Crippen LogP contribution in [0.1, 0.15) is 11.9 Å². The summed E-state index contributed by atoms with van der Waals surface area (Å²) in [6.07, 6.45) is -1.57. The van der Waals surface area contributed by atoms with Crippen LogP contribution in [0.5, 0.6) is 0 Å². The Morgan fingerprint density at radius 2 is 1.71 bits per heavy atom. The zero-order valence-electron chi connectivity index (χ0n) is 12.1. The molecule has 1 aromatic heterocycles. The van der Waals surface area contributed by atoms with Gasteiger partial charge in [-0.2, -0.15) is 13.4 Å². The normalized spacial score (nSPS) is 11.8. The Morgan fingerprint density at radius 3 is 2.33 bits per heavy atom. The molecule has 124 valence electrons. The van der Waals surface area contributed by atoms with E-state index in [0.717, 1.165) is 0 Å². The molecule has 3 rings (SSSR count). The van der Waals surface area contributed by atoms with E-state index in [-0.39, 0.29) is 16.6 Å². The number of rotatable bonds is 4. The van der Waals surface area contributed by atoms with Crippen molar-refractivity contribution in [3.8, 4) is 22.8 Å². The molecule has 1 heterocycles. The largest absolute Gasteiger partial charge is 0.364 e. The quantitative estimate of drug-likeness (QED) is 0.478. The van der Waals surface area contributed by atoms with Gasteiger partial charge in [-0.3, -0.25) is 4.55 Å². The lowest BCUT2D eigenvalue weighted by Crippen LogP contribution is -1.97. The first-order valence-corrected chi connectivity index (χ1v) is 8.17. The summed E-state index contributed by atoms with van der Waals surface area (Å²) in [4.78, 5) is 3.89. The minimum absolute atomic E-state index is 0.0850. The van der Waals surface area contributed by atoms with E-state index < -0.39 is 16.4 Å². The van der Waals surface area contributed by atoms with Crippen molar-refractivity contribution in [3.63, 3.8) is 0 Å². The Labute approximate surface area is 136 Å². The summed E-state index contributed by atoms with van der Waals surface area (Å²) in [7, 11) is -4.33. The van der Waals surface area contributed by atoms with Crippen LogP contribution in [-0.4, -0.2) is 33.3 Å². The monoisotopic (exact) mass is 348 g/mol. The first-order chi connectivity index (χ1) is 11.3. The zero-order chi connectivity index (χ0) is 17.3. The molecule has 0 bridgehead atoms. The van der Waals surface area contributed by atoms with Crippen LogP contribution >= 0.6 is 0 Å². The van der Waals surface area contributed by atoms with E-state index >= 15 is 0 Å². The van der Waals surface area contributed by atoms with Gasteiger partial charge in [-0.15, -0.1) is 0 Å². The van der Waals surface area contributed by atoms with Gasteiger partial charge in [-0.1, -0.05) is 35.5 Å². The van der Waals surface area contributed by atoms with Crippen molar-refractivity contribution >= 4 is 10.1 Å². The predicted molar refractivity (Wildman–Crippen MR) is 82.2 cm³/mol. The van der Waals surface area contributed by atoms with Crippen molar-refractivity contribution in [3.05, 3.63) is 54.1 Å². The summed E-state index contributed by atoms with van der Waals surface area (Å²) in [5, 5.41) is 21.9. The zero-order valence-corrected chi connectivity index (χ0v) is 12.9. The molecule has 0 aliphatic rings. The van der Waals surface area contributed by atoms with E-state index in [1.807, 2.05) is 0 Å². The molecule has 0 saturated carbocycles. The van der Waals surface area contributed by atoms with Crippen LogP contribution in [0.2, 0.25) is 0 Å². The van der Waals surface area contributed by atoms with Crippen LogP contribution in [0, 0.1) is 0 Å². The van der Waals surface area contributed by atoms with Gasteiger partial charge in [0, 0.05) is 16.7 Å². The maximum Gasteiger partial charge on any atom is 0.294 e. The van der Waals surface area contributed by atoms with Gasteiger partial charge in [0.2, 0.25) is 5.82 Å². The topological polar surface area (TPSA) is 134 Å². The molecule has 3 aromatic rings. The van der Waals surface area contributed by atoms with Crippen LogP contribution in [-0.2, 0) is 10.1 Å². The molecule has 0 fully saturated rings. The molecular weight excluding hydrogens is 336 g/mol. The molecule has 9 heteroatoms.